The van der Waals surface area contributed by atoms with Gasteiger partial charge in [-0.25, -0.2) is 4.98 Å². The average molecular weight is 264 g/mol. The number of pyridine rings is 1. The second-order valence-electron chi connectivity index (χ2n) is 6.08. The molecular weight excluding hydrogens is 240 g/mol. The minimum absolute atomic E-state index is 0.140. The lowest BCUT2D eigenvalue weighted by Gasteiger charge is -2.42. The second kappa shape index (κ2) is 5.35. The van der Waals surface area contributed by atoms with Gasteiger partial charge in [0.25, 0.3) is 0 Å². The van der Waals surface area contributed by atoms with E-state index in [9.17, 15) is 0 Å². The second-order valence-corrected chi connectivity index (χ2v) is 6.08. The summed E-state index contributed by atoms with van der Waals surface area (Å²) in [5, 5.41) is 2.08. The van der Waals surface area contributed by atoms with E-state index in [4.69, 9.17) is 10.6 Å². The highest BCUT2D eigenvalue weighted by molar-refractivity contribution is 5.48. The predicted octanol–water partition coefficient (Wildman–Crippen LogP) is 1.90. The molecule has 0 radical (unpaired) electrons. The maximum atomic E-state index is 5.97. The van der Waals surface area contributed by atoms with E-state index < -0.39 is 0 Å². The van der Waals surface area contributed by atoms with Crippen molar-refractivity contribution in [3.8, 4) is 0 Å². The van der Waals surface area contributed by atoms with Crippen molar-refractivity contribution < 1.29 is 4.84 Å². The molecule has 0 aliphatic carbocycles. The van der Waals surface area contributed by atoms with Crippen molar-refractivity contribution in [3.63, 3.8) is 0 Å². The summed E-state index contributed by atoms with van der Waals surface area (Å²) in [5.74, 6) is 0.562. The number of anilines is 2. The first-order valence-corrected chi connectivity index (χ1v) is 6.77. The smallest absolute Gasteiger partial charge is 0.123 e. The Morgan fingerprint density at radius 1 is 1.32 bits per heavy atom. The molecular formula is C14H24N4O. The highest BCUT2D eigenvalue weighted by Crippen LogP contribution is 2.21. The largest absolute Gasteiger partial charge is 0.384 e. The van der Waals surface area contributed by atoms with Crippen molar-refractivity contribution in [2.24, 2.45) is 0 Å². The first-order valence-electron chi connectivity index (χ1n) is 6.77. The molecule has 106 valence electrons. The molecule has 5 nitrogen and oxygen atoms in total. The molecule has 2 rings (SSSR count). The highest BCUT2D eigenvalue weighted by atomic mass is 16.7. The summed E-state index contributed by atoms with van der Waals surface area (Å²) in [6, 6.07) is 4.22. The van der Waals surface area contributed by atoms with Crippen LogP contribution >= 0.6 is 0 Å². The van der Waals surface area contributed by atoms with Crippen LogP contribution in [0.1, 0.15) is 27.7 Å². The summed E-state index contributed by atoms with van der Waals surface area (Å²) in [4.78, 5) is 12.4. The van der Waals surface area contributed by atoms with Gasteiger partial charge >= 0.3 is 0 Å². The van der Waals surface area contributed by atoms with Crippen LogP contribution in [-0.4, -0.2) is 41.3 Å². The fourth-order valence-corrected chi connectivity index (χ4v) is 2.25. The lowest BCUT2D eigenvalue weighted by atomic mass is 10.2. The van der Waals surface area contributed by atoms with E-state index in [1.807, 2.05) is 18.3 Å². The standard InChI is InChI=1S/C14H24N4O/c1-11-10-17(12-5-6-13(15)16-9-12)7-8-18(11)19-14(2,3)4/h5-6,9,11H,7-8,10H2,1-4H3,(H2,15,16)/t11-/m0/s1. The summed E-state index contributed by atoms with van der Waals surface area (Å²) >= 11 is 0. The summed E-state index contributed by atoms with van der Waals surface area (Å²) in [6.07, 6.45) is 1.84. The van der Waals surface area contributed by atoms with Crippen molar-refractivity contribution in [3.05, 3.63) is 18.3 Å². The molecule has 1 aromatic rings. The van der Waals surface area contributed by atoms with Crippen LogP contribution in [0.3, 0.4) is 0 Å². The van der Waals surface area contributed by atoms with Crippen LogP contribution in [0.5, 0.6) is 0 Å². The summed E-state index contributed by atoms with van der Waals surface area (Å²) in [7, 11) is 0. The fourth-order valence-electron chi connectivity index (χ4n) is 2.25. The molecule has 0 unspecified atom stereocenters. The molecule has 1 aliphatic rings. The number of aromatic nitrogens is 1. The van der Waals surface area contributed by atoms with Crippen molar-refractivity contribution in [1.29, 1.82) is 0 Å². The van der Waals surface area contributed by atoms with E-state index >= 15 is 0 Å². The Morgan fingerprint density at radius 3 is 2.58 bits per heavy atom. The molecule has 2 heterocycles. The first-order chi connectivity index (χ1) is 8.85. The van der Waals surface area contributed by atoms with Gasteiger partial charge in [0.1, 0.15) is 5.82 Å². The number of nitrogens with two attached hydrogens (primary N) is 1. The van der Waals surface area contributed by atoms with Crippen molar-refractivity contribution in [1.82, 2.24) is 10.0 Å². The number of hydrogen-bond donors (Lipinski definition) is 1. The molecule has 0 saturated carbocycles. The minimum atomic E-state index is -0.140. The quantitative estimate of drug-likeness (QED) is 0.884. The van der Waals surface area contributed by atoms with E-state index in [2.05, 4.69) is 42.6 Å². The fraction of sp³-hybridized carbons (Fsp3) is 0.643. The third-order valence-corrected chi connectivity index (χ3v) is 3.09. The molecule has 1 saturated heterocycles. The lowest BCUT2D eigenvalue weighted by molar-refractivity contribution is -0.249. The van der Waals surface area contributed by atoms with Crippen LogP contribution in [-0.2, 0) is 4.84 Å². The SMILES string of the molecule is C[C@H]1CN(c2ccc(N)nc2)CCN1OC(C)(C)C. The Hall–Kier alpha value is -1.33. The number of hydrogen-bond acceptors (Lipinski definition) is 5. The van der Waals surface area contributed by atoms with Crippen LogP contribution in [0.4, 0.5) is 11.5 Å². The molecule has 0 amide bonds. The predicted molar refractivity (Wildman–Crippen MR) is 77.9 cm³/mol. The Bertz CT molecular complexity index is 412. The van der Waals surface area contributed by atoms with E-state index in [0.29, 0.717) is 11.9 Å². The van der Waals surface area contributed by atoms with Gasteiger partial charge in [-0.2, -0.15) is 5.06 Å². The summed E-state index contributed by atoms with van der Waals surface area (Å²) in [5.41, 5.74) is 6.60. The number of rotatable bonds is 2. The van der Waals surface area contributed by atoms with E-state index in [1.54, 1.807) is 0 Å². The number of nitrogen functional groups attached to an aromatic ring is 1. The maximum absolute atomic E-state index is 5.97. The van der Waals surface area contributed by atoms with Gasteiger partial charge < -0.3 is 10.6 Å². The molecule has 1 fully saturated rings. The lowest BCUT2D eigenvalue weighted by Crippen LogP contribution is -2.53. The molecule has 19 heavy (non-hydrogen) atoms. The van der Waals surface area contributed by atoms with Crippen LogP contribution in [0.15, 0.2) is 18.3 Å². The van der Waals surface area contributed by atoms with Gasteiger partial charge in [-0.1, -0.05) is 0 Å². The number of hydroxylamine groups is 2. The topological polar surface area (TPSA) is 54.6 Å². The van der Waals surface area contributed by atoms with Crippen molar-refractivity contribution in [2.75, 3.05) is 30.3 Å². The normalized spacial score (nSPS) is 21.7. The number of piperazine rings is 1. The molecule has 0 spiro atoms. The molecule has 2 N–H and O–H groups in total. The molecule has 1 aromatic heterocycles. The van der Waals surface area contributed by atoms with E-state index in [1.165, 1.54) is 0 Å². The van der Waals surface area contributed by atoms with Gasteiger partial charge in [-0.05, 0) is 39.8 Å². The Morgan fingerprint density at radius 2 is 2.05 bits per heavy atom. The highest BCUT2D eigenvalue weighted by Gasteiger charge is 2.28. The third kappa shape index (κ3) is 3.81. The van der Waals surface area contributed by atoms with Crippen LogP contribution in [0, 0.1) is 0 Å². The van der Waals surface area contributed by atoms with E-state index in [0.717, 1.165) is 25.3 Å². The molecule has 0 aromatic carbocycles. The first kappa shape index (κ1) is 14.1. The molecule has 5 heteroatoms. The van der Waals surface area contributed by atoms with Crippen LogP contribution in [0.25, 0.3) is 0 Å². The maximum Gasteiger partial charge on any atom is 0.123 e. The van der Waals surface area contributed by atoms with Gasteiger partial charge in [0.15, 0.2) is 0 Å². The van der Waals surface area contributed by atoms with Crippen molar-refractivity contribution in [2.45, 2.75) is 39.3 Å². The minimum Gasteiger partial charge on any atom is -0.384 e. The molecule has 0 bridgehead atoms. The zero-order valence-corrected chi connectivity index (χ0v) is 12.3. The Balaban J connectivity index is 1.98. The zero-order valence-electron chi connectivity index (χ0n) is 12.3. The number of nitrogens with zero attached hydrogens (tertiary/aromatic N) is 3. The zero-order chi connectivity index (χ0) is 14.0. The monoisotopic (exact) mass is 264 g/mol. The van der Waals surface area contributed by atoms with Gasteiger partial charge in [-0.3, -0.25) is 4.84 Å². The molecule has 1 aliphatic heterocycles. The molecule has 1 atom stereocenters. The van der Waals surface area contributed by atoms with Crippen molar-refractivity contribution >= 4 is 11.5 Å². The average Bonchev–Trinajstić information content (AvgIpc) is 2.31. The third-order valence-electron chi connectivity index (χ3n) is 3.09. The van der Waals surface area contributed by atoms with Crippen LogP contribution < -0.4 is 10.6 Å². The summed E-state index contributed by atoms with van der Waals surface area (Å²) < 4.78 is 0. The van der Waals surface area contributed by atoms with Gasteiger partial charge in [0, 0.05) is 19.6 Å². The van der Waals surface area contributed by atoms with Crippen LogP contribution in [0.2, 0.25) is 0 Å². The Labute approximate surface area is 115 Å². The van der Waals surface area contributed by atoms with E-state index in [-0.39, 0.29) is 5.60 Å². The van der Waals surface area contributed by atoms with Gasteiger partial charge in [-0.15, -0.1) is 0 Å². The van der Waals surface area contributed by atoms with Gasteiger partial charge in [0.05, 0.1) is 23.5 Å². The Kier molecular flexibility index (Phi) is 3.96. The summed E-state index contributed by atoms with van der Waals surface area (Å²) in [6.45, 7) is 11.2. The van der Waals surface area contributed by atoms with Gasteiger partial charge in [0.2, 0.25) is 0 Å².